The van der Waals surface area contributed by atoms with Crippen LogP contribution in [0.4, 0.5) is 0 Å². The van der Waals surface area contributed by atoms with Gasteiger partial charge in [-0.2, -0.15) is 4.31 Å². The zero-order chi connectivity index (χ0) is 16.2. The molecule has 8 heteroatoms. The molecule has 1 unspecified atom stereocenters. The average molecular weight is 324 g/mol. The van der Waals surface area contributed by atoms with Crippen LogP contribution in [0.25, 0.3) is 0 Å². The Morgan fingerprint density at radius 1 is 1.36 bits per heavy atom. The Morgan fingerprint density at radius 2 is 2.14 bits per heavy atom. The maximum Gasteiger partial charge on any atom is 0.260 e. The fraction of sp³-hybridized carbons (Fsp3) is 0.429. The lowest BCUT2D eigenvalue weighted by Crippen LogP contribution is -2.34. The number of H-pyrrole nitrogens is 1. The van der Waals surface area contributed by atoms with Crippen LogP contribution in [-0.2, 0) is 21.2 Å². The lowest BCUT2D eigenvalue weighted by Gasteiger charge is -2.25. The van der Waals surface area contributed by atoms with Crippen LogP contribution in [0.15, 0.2) is 35.6 Å². The highest BCUT2D eigenvalue weighted by molar-refractivity contribution is 7.89. The van der Waals surface area contributed by atoms with Crippen molar-refractivity contribution in [2.45, 2.75) is 24.4 Å². The smallest absolute Gasteiger partial charge is 0.260 e. The van der Waals surface area contributed by atoms with Gasteiger partial charge in [0.15, 0.2) is 5.03 Å². The number of aromatic amines is 1. The van der Waals surface area contributed by atoms with E-state index in [2.05, 4.69) is 15.0 Å². The number of hydrogen-bond acceptors (Lipinski definition) is 5. The third kappa shape index (κ3) is 3.34. The highest BCUT2D eigenvalue weighted by Crippen LogP contribution is 2.24. The number of methoxy groups -OCH3 is 1. The Kier molecular flexibility index (Phi) is 5.28. The summed E-state index contributed by atoms with van der Waals surface area (Å²) in [4.78, 5) is 11.1. The number of aryl methyl sites for hydroxylation is 1. The van der Waals surface area contributed by atoms with Crippen LogP contribution in [0.3, 0.4) is 0 Å². The van der Waals surface area contributed by atoms with E-state index in [0.29, 0.717) is 17.9 Å². The summed E-state index contributed by atoms with van der Waals surface area (Å²) in [6.45, 7) is 2.11. The molecule has 120 valence electrons. The highest BCUT2D eigenvalue weighted by atomic mass is 32.2. The molecule has 2 aromatic heterocycles. The van der Waals surface area contributed by atoms with Crippen molar-refractivity contribution in [3.8, 4) is 0 Å². The van der Waals surface area contributed by atoms with E-state index in [1.165, 1.54) is 24.7 Å². The summed E-state index contributed by atoms with van der Waals surface area (Å²) >= 11 is 0. The minimum absolute atomic E-state index is 0.0730. The maximum atomic E-state index is 12.7. The van der Waals surface area contributed by atoms with Crippen molar-refractivity contribution in [1.82, 2.24) is 19.3 Å². The van der Waals surface area contributed by atoms with Crippen molar-refractivity contribution in [3.63, 3.8) is 0 Å². The molecule has 2 heterocycles. The third-order valence-corrected chi connectivity index (χ3v) is 5.17. The van der Waals surface area contributed by atoms with Gasteiger partial charge in [-0.3, -0.25) is 4.98 Å². The van der Waals surface area contributed by atoms with Crippen molar-refractivity contribution in [2.24, 2.45) is 0 Å². The highest BCUT2D eigenvalue weighted by Gasteiger charge is 2.31. The number of sulfonamides is 1. The monoisotopic (exact) mass is 324 g/mol. The Hall–Kier alpha value is -1.77. The van der Waals surface area contributed by atoms with Crippen LogP contribution >= 0.6 is 0 Å². The topological polar surface area (TPSA) is 88.2 Å². The number of likely N-dealkylation sites (N-methyl/N-ethyl adjacent to an activating group) is 1. The lowest BCUT2D eigenvalue weighted by molar-refractivity contribution is 0.140. The number of aromatic nitrogens is 3. The van der Waals surface area contributed by atoms with Gasteiger partial charge in [-0.05, 0) is 12.1 Å². The van der Waals surface area contributed by atoms with E-state index in [1.807, 2.05) is 13.0 Å². The van der Waals surface area contributed by atoms with Crippen LogP contribution in [0.5, 0.6) is 0 Å². The second-order valence-corrected chi connectivity index (χ2v) is 6.76. The SMILES string of the molecule is CCc1ncc(S(=O)(=O)N(C)C(COC)c2ccccn2)[nH]1. The Bertz CT molecular complexity index is 700. The van der Waals surface area contributed by atoms with Crippen LogP contribution in [-0.4, -0.2) is 48.4 Å². The van der Waals surface area contributed by atoms with Gasteiger partial charge in [-0.15, -0.1) is 0 Å². The van der Waals surface area contributed by atoms with Crippen molar-refractivity contribution in [2.75, 3.05) is 20.8 Å². The summed E-state index contributed by atoms with van der Waals surface area (Å²) in [6, 6.07) is 4.87. The third-order valence-electron chi connectivity index (χ3n) is 3.39. The molecule has 0 fully saturated rings. The summed E-state index contributed by atoms with van der Waals surface area (Å²) in [7, 11) is -0.659. The van der Waals surface area contributed by atoms with Crippen LogP contribution in [0.1, 0.15) is 24.5 Å². The minimum atomic E-state index is -3.70. The minimum Gasteiger partial charge on any atom is -0.383 e. The quantitative estimate of drug-likeness (QED) is 0.831. The van der Waals surface area contributed by atoms with Crippen molar-refractivity contribution in [1.29, 1.82) is 0 Å². The van der Waals surface area contributed by atoms with E-state index in [1.54, 1.807) is 18.3 Å². The zero-order valence-electron chi connectivity index (χ0n) is 12.9. The van der Waals surface area contributed by atoms with Crippen molar-refractivity contribution >= 4 is 10.0 Å². The molecule has 1 atom stereocenters. The number of imidazole rings is 1. The second-order valence-electron chi connectivity index (χ2n) is 4.79. The van der Waals surface area contributed by atoms with Gasteiger partial charge in [-0.25, -0.2) is 13.4 Å². The molecule has 0 aliphatic carbocycles. The van der Waals surface area contributed by atoms with E-state index >= 15 is 0 Å². The van der Waals surface area contributed by atoms with Gasteiger partial charge in [0.25, 0.3) is 10.0 Å². The molecule has 0 saturated carbocycles. The maximum absolute atomic E-state index is 12.7. The second kappa shape index (κ2) is 6.99. The molecule has 0 aromatic carbocycles. The molecule has 2 aromatic rings. The molecule has 0 radical (unpaired) electrons. The standard InChI is InChI=1S/C14H20N4O3S/c1-4-13-16-9-14(17-13)22(19,20)18(2)12(10-21-3)11-7-5-6-8-15-11/h5-9,12H,4,10H2,1-3H3,(H,16,17). The van der Waals surface area contributed by atoms with Crippen molar-refractivity contribution in [3.05, 3.63) is 42.1 Å². The number of pyridine rings is 1. The molecule has 2 rings (SSSR count). The molecule has 0 aliphatic rings. The van der Waals surface area contributed by atoms with E-state index < -0.39 is 16.1 Å². The van der Waals surface area contributed by atoms with Gasteiger partial charge in [0.2, 0.25) is 0 Å². The van der Waals surface area contributed by atoms with Crippen LogP contribution < -0.4 is 0 Å². The Balaban J connectivity index is 2.35. The van der Waals surface area contributed by atoms with E-state index in [9.17, 15) is 8.42 Å². The molecule has 22 heavy (non-hydrogen) atoms. The number of nitrogens with zero attached hydrogens (tertiary/aromatic N) is 3. The van der Waals surface area contributed by atoms with Crippen molar-refractivity contribution < 1.29 is 13.2 Å². The van der Waals surface area contributed by atoms with Gasteiger partial charge in [-0.1, -0.05) is 13.0 Å². The van der Waals surface area contributed by atoms with Gasteiger partial charge in [0.05, 0.1) is 24.5 Å². The van der Waals surface area contributed by atoms with Crippen LogP contribution in [0, 0.1) is 0 Å². The number of nitrogens with one attached hydrogen (secondary N) is 1. The molecule has 7 nitrogen and oxygen atoms in total. The van der Waals surface area contributed by atoms with Gasteiger partial charge >= 0.3 is 0 Å². The van der Waals surface area contributed by atoms with Gasteiger partial charge in [0, 0.05) is 26.8 Å². The molecule has 0 saturated heterocycles. The van der Waals surface area contributed by atoms with E-state index in [0.717, 1.165) is 0 Å². The first kappa shape index (κ1) is 16.6. The molecule has 0 spiro atoms. The molecule has 1 N–H and O–H groups in total. The number of hydrogen-bond donors (Lipinski definition) is 1. The van der Waals surface area contributed by atoms with Gasteiger partial charge in [0.1, 0.15) is 5.82 Å². The fourth-order valence-electron chi connectivity index (χ4n) is 2.08. The summed E-state index contributed by atoms with van der Waals surface area (Å²) in [5, 5.41) is 0.0730. The first-order valence-electron chi connectivity index (χ1n) is 6.92. The Labute approximate surface area is 130 Å². The Morgan fingerprint density at radius 3 is 2.68 bits per heavy atom. The summed E-state index contributed by atoms with van der Waals surface area (Å²) in [5.41, 5.74) is 0.630. The number of ether oxygens (including phenoxy) is 1. The predicted molar refractivity (Wildman–Crippen MR) is 81.8 cm³/mol. The largest absolute Gasteiger partial charge is 0.383 e. The zero-order valence-corrected chi connectivity index (χ0v) is 13.7. The molecule has 0 aliphatic heterocycles. The van der Waals surface area contributed by atoms with Crippen LogP contribution in [0.2, 0.25) is 0 Å². The summed E-state index contributed by atoms with van der Waals surface area (Å²) in [6.07, 6.45) is 3.61. The van der Waals surface area contributed by atoms with E-state index in [4.69, 9.17) is 4.74 Å². The lowest BCUT2D eigenvalue weighted by atomic mass is 10.2. The first-order chi connectivity index (χ1) is 10.5. The summed E-state index contributed by atoms with van der Waals surface area (Å²) in [5.74, 6) is 0.633. The predicted octanol–water partition coefficient (Wildman–Crippen LogP) is 1.38. The molecule has 0 bridgehead atoms. The van der Waals surface area contributed by atoms with E-state index in [-0.39, 0.29) is 11.6 Å². The number of rotatable bonds is 7. The fourth-order valence-corrected chi connectivity index (χ4v) is 3.33. The normalized spacial score (nSPS) is 13.5. The summed E-state index contributed by atoms with van der Waals surface area (Å²) < 4.78 is 31.9. The molecular weight excluding hydrogens is 304 g/mol. The van der Waals surface area contributed by atoms with Gasteiger partial charge < -0.3 is 9.72 Å². The first-order valence-corrected chi connectivity index (χ1v) is 8.36. The molecular formula is C14H20N4O3S. The average Bonchev–Trinajstić information content (AvgIpc) is 3.02. The molecule has 0 amide bonds.